The van der Waals surface area contributed by atoms with Crippen molar-refractivity contribution in [2.24, 2.45) is 0 Å². The number of rotatable bonds is 3. The number of para-hydroxylation sites is 3. The van der Waals surface area contributed by atoms with Gasteiger partial charge in [-0.15, -0.1) is 0 Å². The molecule has 228 valence electrons. The maximum atomic E-state index is 6.69. The number of aromatic nitrogens is 2. The Bertz CT molecular complexity index is 3130. The average Bonchev–Trinajstić information content (AvgIpc) is 3.85. The number of hydrogen-bond acceptors (Lipinski definition) is 5. The van der Waals surface area contributed by atoms with E-state index >= 15 is 0 Å². The first kappa shape index (κ1) is 26.4. The lowest BCUT2D eigenvalue weighted by molar-refractivity contribution is 0.667. The molecule has 4 heterocycles. The summed E-state index contributed by atoms with van der Waals surface area (Å²) in [5, 5.41) is 7.44. The molecule has 0 fully saturated rings. The third-order valence-corrected chi connectivity index (χ3v) is 9.69. The molecule has 0 atom stereocenters. The third kappa shape index (κ3) is 3.87. The molecular weight excluding hydrogens is 604 g/mol. The molecule has 7 aromatic carbocycles. The fourth-order valence-electron chi connectivity index (χ4n) is 7.40. The number of benzene rings is 7. The molecule has 5 heteroatoms. The van der Waals surface area contributed by atoms with E-state index in [0.29, 0.717) is 11.4 Å². The summed E-state index contributed by atoms with van der Waals surface area (Å²) in [6.45, 7) is 0. The maximum Gasteiger partial charge on any atom is 0.180 e. The largest absolute Gasteiger partial charge is 0.456 e. The van der Waals surface area contributed by atoms with Crippen LogP contribution in [0.4, 0.5) is 0 Å². The first-order valence-corrected chi connectivity index (χ1v) is 16.3. The normalized spacial score (nSPS) is 12.1. The lowest BCUT2D eigenvalue weighted by Crippen LogP contribution is -1.94. The Morgan fingerprint density at radius 3 is 1.98 bits per heavy atom. The predicted octanol–water partition coefficient (Wildman–Crippen LogP) is 12.3. The molecule has 0 unspecified atom stereocenters. The number of nitrogens with zero attached hydrogens (tertiary/aromatic N) is 2. The standard InChI is InChI=1S/C44H24N2O3/c1-2-10-26-23-27(20-19-25(26)9-1)29-13-7-15-33-39-32(14-8-18-38(39)49-42(29)33)41-43-40(31-12-4-6-17-36(31)48-43)45-44(46-41)28-21-22-37-34(24-28)30-11-3-5-16-35(30)47-37/h1-24H. The van der Waals surface area contributed by atoms with Crippen molar-refractivity contribution in [1.82, 2.24) is 9.97 Å². The second kappa shape index (κ2) is 9.89. The van der Waals surface area contributed by atoms with E-state index in [9.17, 15) is 0 Å². The van der Waals surface area contributed by atoms with E-state index < -0.39 is 0 Å². The monoisotopic (exact) mass is 628 g/mol. The zero-order valence-corrected chi connectivity index (χ0v) is 26.0. The molecule has 0 radical (unpaired) electrons. The Balaban J connectivity index is 1.18. The summed E-state index contributed by atoms with van der Waals surface area (Å²) in [7, 11) is 0. The van der Waals surface area contributed by atoms with Crippen LogP contribution < -0.4 is 0 Å². The summed E-state index contributed by atoms with van der Waals surface area (Å²) in [5.41, 5.74) is 10.2. The summed E-state index contributed by atoms with van der Waals surface area (Å²) in [6.07, 6.45) is 0. The number of fused-ring (bicyclic) bond motifs is 10. The van der Waals surface area contributed by atoms with Crippen LogP contribution in [-0.4, -0.2) is 9.97 Å². The second-order valence-electron chi connectivity index (χ2n) is 12.5. The first-order valence-electron chi connectivity index (χ1n) is 16.3. The molecule has 0 aliphatic carbocycles. The zero-order valence-electron chi connectivity index (χ0n) is 26.0. The van der Waals surface area contributed by atoms with Crippen molar-refractivity contribution in [2.75, 3.05) is 0 Å². The van der Waals surface area contributed by atoms with Gasteiger partial charge in [-0.25, -0.2) is 9.97 Å². The van der Waals surface area contributed by atoms with Crippen LogP contribution >= 0.6 is 0 Å². The molecule has 5 nitrogen and oxygen atoms in total. The highest BCUT2D eigenvalue weighted by Crippen LogP contribution is 2.44. The minimum absolute atomic E-state index is 0.614. The van der Waals surface area contributed by atoms with Gasteiger partial charge in [-0.05, 0) is 64.9 Å². The molecule has 11 rings (SSSR count). The van der Waals surface area contributed by atoms with Crippen molar-refractivity contribution in [3.8, 4) is 33.8 Å². The van der Waals surface area contributed by atoms with Gasteiger partial charge in [-0.1, -0.05) is 97.1 Å². The van der Waals surface area contributed by atoms with E-state index in [1.807, 2.05) is 60.7 Å². The van der Waals surface area contributed by atoms with E-state index in [2.05, 4.69) is 84.9 Å². The highest BCUT2D eigenvalue weighted by molar-refractivity contribution is 6.18. The minimum Gasteiger partial charge on any atom is -0.456 e. The molecule has 0 N–H and O–H groups in total. The lowest BCUT2D eigenvalue weighted by Gasteiger charge is -2.08. The Labute approximate surface area is 278 Å². The van der Waals surface area contributed by atoms with Gasteiger partial charge in [0.1, 0.15) is 39.1 Å². The third-order valence-electron chi connectivity index (χ3n) is 9.69. The van der Waals surface area contributed by atoms with Crippen LogP contribution in [-0.2, 0) is 0 Å². The lowest BCUT2D eigenvalue weighted by atomic mass is 9.97. The van der Waals surface area contributed by atoms with E-state index in [0.717, 1.165) is 88.3 Å². The first-order chi connectivity index (χ1) is 24.3. The van der Waals surface area contributed by atoms with Crippen LogP contribution in [0.15, 0.2) is 159 Å². The molecule has 0 saturated heterocycles. The van der Waals surface area contributed by atoms with Gasteiger partial charge in [0.05, 0.1) is 0 Å². The number of hydrogen-bond donors (Lipinski definition) is 0. The zero-order chi connectivity index (χ0) is 32.1. The Kier molecular flexibility index (Phi) is 5.32. The topological polar surface area (TPSA) is 65.2 Å². The van der Waals surface area contributed by atoms with Gasteiger partial charge in [0.25, 0.3) is 0 Å². The van der Waals surface area contributed by atoms with E-state index in [1.54, 1.807) is 0 Å². The van der Waals surface area contributed by atoms with Crippen LogP contribution in [0.2, 0.25) is 0 Å². The van der Waals surface area contributed by atoms with E-state index in [-0.39, 0.29) is 0 Å². The highest BCUT2D eigenvalue weighted by atomic mass is 16.3. The van der Waals surface area contributed by atoms with Gasteiger partial charge < -0.3 is 13.3 Å². The van der Waals surface area contributed by atoms with Crippen LogP contribution in [0, 0.1) is 0 Å². The van der Waals surface area contributed by atoms with Gasteiger partial charge in [0.15, 0.2) is 11.4 Å². The molecule has 0 amide bonds. The molecule has 49 heavy (non-hydrogen) atoms. The molecule has 0 saturated carbocycles. The van der Waals surface area contributed by atoms with Crippen molar-refractivity contribution >= 4 is 76.7 Å². The average molecular weight is 629 g/mol. The van der Waals surface area contributed by atoms with Gasteiger partial charge in [0.2, 0.25) is 0 Å². The maximum absolute atomic E-state index is 6.69. The van der Waals surface area contributed by atoms with Crippen LogP contribution in [0.1, 0.15) is 0 Å². The molecule has 0 aliphatic rings. The van der Waals surface area contributed by atoms with E-state index in [1.165, 1.54) is 10.8 Å². The van der Waals surface area contributed by atoms with Crippen LogP contribution in [0.3, 0.4) is 0 Å². The summed E-state index contributed by atoms with van der Waals surface area (Å²) in [5.74, 6) is 0.614. The second-order valence-corrected chi connectivity index (χ2v) is 12.5. The van der Waals surface area contributed by atoms with Crippen molar-refractivity contribution < 1.29 is 13.3 Å². The Hall–Kier alpha value is -6.72. The molecular formula is C44H24N2O3. The van der Waals surface area contributed by atoms with E-state index in [4.69, 9.17) is 23.2 Å². The van der Waals surface area contributed by atoms with Crippen molar-refractivity contribution in [2.45, 2.75) is 0 Å². The molecule has 0 bridgehead atoms. The molecule has 4 aromatic heterocycles. The fraction of sp³-hybridized carbons (Fsp3) is 0. The van der Waals surface area contributed by atoms with Gasteiger partial charge >= 0.3 is 0 Å². The minimum atomic E-state index is 0.614. The smallest absolute Gasteiger partial charge is 0.180 e. The fourth-order valence-corrected chi connectivity index (χ4v) is 7.40. The van der Waals surface area contributed by atoms with Gasteiger partial charge in [-0.2, -0.15) is 0 Å². The summed E-state index contributed by atoms with van der Waals surface area (Å²) in [6, 6.07) is 49.8. The molecule has 0 spiro atoms. The number of furan rings is 3. The van der Waals surface area contributed by atoms with Gasteiger partial charge in [0, 0.05) is 43.6 Å². The summed E-state index contributed by atoms with van der Waals surface area (Å²) < 4.78 is 19.4. The quantitative estimate of drug-likeness (QED) is 0.195. The molecule has 11 aromatic rings. The Morgan fingerprint density at radius 1 is 0.388 bits per heavy atom. The van der Waals surface area contributed by atoms with Crippen LogP contribution in [0.25, 0.3) is 110 Å². The molecule has 0 aliphatic heterocycles. The van der Waals surface area contributed by atoms with Crippen LogP contribution in [0.5, 0.6) is 0 Å². The summed E-state index contributed by atoms with van der Waals surface area (Å²) >= 11 is 0. The van der Waals surface area contributed by atoms with Crippen molar-refractivity contribution in [1.29, 1.82) is 0 Å². The predicted molar refractivity (Wildman–Crippen MR) is 198 cm³/mol. The van der Waals surface area contributed by atoms with Gasteiger partial charge in [-0.3, -0.25) is 0 Å². The van der Waals surface area contributed by atoms with Crippen molar-refractivity contribution in [3.63, 3.8) is 0 Å². The Morgan fingerprint density at radius 2 is 1.06 bits per heavy atom. The highest BCUT2D eigenvalue weighted by Gasteiger charge is 2.23. The summed E-state index contributed by atoms with van der Waals surface area (Å²) in [4.78, 5) is 10.4. The SMILES string of the molecule is c1ccc2cc(-c3cccc4c3oc3cccc(-c5nc(-c6ccc7oc8ccccc8c7c6)nc6c5oc5ccccc56)c34)ccc2c1. The van der Waals surface area contributed by atoms with Crippen molar-refractivity contribution in [3.05, 3.63) is 146 Å².